The molecule has 0 saturated carbocycles. The molecule has 0 spiro atoms. The zero-order valence-corrected chi connectivity index (χ0v) is 21.1. The third kappa shape index (κ3) is 5.10. The standard InChI is InChI=1S/C27H30ClN5O3/c1-31(26(35)17-32-10-2-3-11-32)20-5-7-21(8-6-20)33-16-18(12-25(33)34)14-30-27(36)19-4-9-22-23(28)15-29-24(22)13-19/h4-9,13,15,18,29H,2-3,10-12,14,16-17H2,1H3,(H,30,36). The van der Waals surface area contributed by atoms with Gasteiger partial charge in [0.15, 0.2) is 0 Å². The van der Waals surface area contributed by atoms with Crippen LogP contribution in [0.5, 0.6) is 0 Å². The Hall–Kier alpha value is -3.36. The molecular formula is C27H30ClN5O3. The summed E-state index contributed by atoms with van der Waals surface area (Å²) in [5, 5.41) is 4.45. The number of anilines is 2. The number of halogens is 1. The Labute approximate surface area is 215 Å². The van der Waals surface area contributed by atoms with Crippen molar-refractivity contribution in [1.82, 2.24) is 15.2 Å². The Balaban J connectivity index is 1.15. The Bertz CT molecular complexity index is 1280. The molecule has 0 aliphatic carbocycles. The van der Waals surface area contributed by atoms with E-state index < -0.39 is 0 Å². The van der Waals surface area contributed by atoms with Gasteiger partial charge in [-0.1, -0.05) is 17.7 Å². The number of H-pyrrole nitrogens is 1. The van der Waals surface area contributed by atoms with E-state index in [0.29, 0.717) is 36.6 Å². The van der Waals surface area contributed by atoms with Crippen LogP contribution in [0.15, 0.2) is 48.7 Å². The van der Waals surface area contributed by atoms with Gasteiger partial charge in [0.2, 0.25) is 11.8 Å². The quantitative estimate of drug-likeness (QED) is 0.511. The van der Waals surface area contributed by atoms with E-state index in [4.69, 9.17) is 11.6 Å². The lowest BCUT2D eigenvalue weighted by Crippen LogP contribution is -2.37. The summed E-state index contributed by atoms with van der Waals surface area (Å²) in [6.07, 6.45) is 4.38. The molecule has 2 saturated heterocycles. The monoisotopic (exact) mass is 507 g/mol. The molecule has 36 heavy (non-hydrogen) atoms. The number of hydrogen-bond donors (Lipinski definition) is 2. The number of carbonyl (C=O) groups excluding carboxylic acids is 3. The minimum absolute atomic E-state index is 0.0227. The molecule has 2 aliphatic rings. The van der Waals surface area contributed by atoms with E-state index in [2.05, 4.69) is 15.2 Å². The second-order valence-corrected chi connectivity index (χ2v) is 10.0. The number of nitrogens with zero attached hydrogens (tertiary/aromatic N) is 3. The first-order valence-electron chi connectivity index (χ1n) is 12.3. The van der Waals surface area contributed by atoms with Gasteiger partial charge in [0, 0.05) is 66.5 Å². The summed E-state index contributed by atoms with van der Waals surface area (Å²) in [7, 11) is 1.79. The number of likely N-dealkylation sites (tertiary alicyclic amines) is 1. The van der Waals surface area contributed by atoms with Crippen molar-refractivity contribution in [3.05, 3.63) is 59.2 Å². The molecule has 1 atom stereocenters. The fourth-order valence-corrected chi connectivity index (χ4v) is 5.20. The number of aromatic amines is 1. The SMILES string of the molecule is CN(C(=O)CN1CCCC1)c1ccc(N2CC(CNC(=O)c3ccc4c(Cl)c[nH]c4c3)CC2=O)cc1. The number of rotatable bonds is 7. The zero-order chi connectivity index (χ0) is 25.2. The molecule has 2 aliphatic heterocycles. The highest BCUT2D eigenvalue weighted by Crippen LogP contribution is 2.27. The Kier molecular flexibility index (Phi) is 6.98. The number of amides is 3. The highest BCUT2D eigenvalue weighted by atomic mass is 35.5. The lowest BCUT2D eigenvalue weighted by molar-refractivity contribution is -0.119. The van der Waals surface area contributed by atoms with Crippen molar-refractivity contribution in [3.8, 4) is 0 Å². The summed E-state index contributed by atoms with van der Waals surface area (Å²) in [6.45, 7) is 3.34. The number of carbonyl (C=O) groups is 3. The molecule has 3 heterocycles. The molecule has 1 aromatic heterocycles. The maximum Gasteiger partial charge on any atom is 0.251 e. The maximum atomic E-state index is 12.7. The number of fused-ring (bicyclic) bond motifs is 1. The first-order valence-corrected chi connectivity index (χ1v) is 12.7. The van der Waals surface area contributed by atoms with Gasteiger partial charge in [-0.3, -0.25) is 19.3 Å². The van der Waals surface area contributed by atoms with Crippen LogP contribution in [0.1, 0.15) is 29.6 Å². The molecule has 0 bridgehead atoms. The fraction of sp³-hybridized carbons (Fsp3) is 0.370. The van der Waals surface area contributed by atoms with E-state index in [9.17, 15) is 14.4 Å². The smallest absolute Gasteiger partial charge is 0.251 e. The predicted molar refractivity (Wildman–Crippen MR) is 142 cm³/mol. The van der Waals surface area contributed by atoms with E-state index in [1.54, 1.807) is 35.2 Å². The van der Waals surface area contributed by atoms with Gasteiger partial charge in [-0.15, -0.1) is 0 Å². The normalized spacial score (nSPS) is 18.2. The molecule has 2 fully saturated rings. The average molecular weight is 508 g/mol. The van der Waals surface area contributed by atoms with Crippen LogP contribution in [0, 0.1) is 5.92 Å². The average Bonchev–Trinajstić information content (AvgIpc) is 3.63. The van der Waals surface area contributed by atoms with Crippen LogP contribution >= 0.6 is 11.6 Å². The van der Waals surface area contributed by atoms with Gasteiger partial charge < -0.3 is 20.1 Å². The molecule has 2 N–H and O–H groups in total. The first-order chi connectivity index (χ1) is 17.4. The molecule has 3 amide bonds. The molecule has 5 rings (SSSR count). The topological polar surface area (TPSA) is 88.8 Å². The van der Waals surface area contributed by atoms with Gasteiger partial charge in [-0.2, -0.15) is 0 Å². The molecule has 9 heteroatoms. The summed E-state index contributed by atoms with van der Waals surface area (Å²) < 4.78 is 0. The molecule has 1 unspecified atom stereocenters. The Morgan fingerprint density at radius 2 is 1.89 bits per heavy atom. The number of aromatic nitrogens is 1. The van der Waals surface area contributed by atoms with E-state index in [-0.39, 0.29) is 23.6 Å². The number of likely N-dealkylation sites (N-methyl/N-ethyl adjacent to an activating group) is 1. The van der Waals surface area contributed by atoms with Crippen molar-refractivity contribution >= 4 is 51.6 Å². The van der Waals surface area contributed by atoms with Crippen LogP contribution in [-0.4, -0.2) is 67.4 Å². The van der Waals surface area contributed by atoms with Gasteiger partial charge >= 0.3 is 0 Å². The van der Waals surface area contributed by atoms with Crippen molar-refractivity contribution in [3.63, 3.8) is 0 Å². The summed E-state index contributed by atoms with van der Waals surface area (Å²) in [4.78, 5) is 46.6. The van der Waals surface area contributed by atoms with Gasteiger partial charge in [-0.05, 0) is 62.3 Å². The zero-order valence-electron chi connectivity index (χ0n) is 20.3. The highest BCUT2D eigenvalue weighted by Gasteiger charge is 2.31. The molecule has 8 nitrogen and oxygen atoms in total. The second-order valence-electron chi connectivity index (χ2n) is 9.63. The third-order valence-electron chi connectivity index (χ3n) is 7.13. The van der Waals surface area contributed by atoms with Gasteiger partial charge in [-0.25, -0.2) is 0 Å². The van der Waals surface area contributed by atoms with Crippen LogP contribution < -0.4 is 15.1 Å². The second kappa shape index (κ2) is 10.3. The third-order valence-corrected chi connectivity index (χ3v) is 7.44. The van der Waals surface area contributed by atoms with Crippen LogP contribution in [0.4, 0.5) is 11.4 Å². The van der Waals surface area contributed by atoms with E-state index >= 15 is 0 Å². The van der Waals surface area contributed by atoms with E-state index in [1.807, 2.05) is 30.3 Å². The van der Waals surface area contributed by atoms with Crippen LogP contribution in [0.25, 0.3) is 10.9 Å². The summed E-state index contributed by atoms with van der Waals surface area (Å²) in [5.74, 6) is -0.0619. The van der Waals surface area contributed by atoms with Crippen LogP contribution in [0.3, 0.4) is 0 Å². The molecule has 0 radical (unpaired) electrons. The van der Waals surface area contributed by atoms with Crippen LogP contribution in [0.2, 0.25) is 5.02 Å². The highest BCUT2D eigenvalue weighted by molar-refractivity contribution is 6.35. The van der Waals surface area contributed by atoms with Gasteiger partial charge in [0.05, 0.1) is 11.6 Å². The van der Waals surface area contributed by atoms with Crippen LogP contribution in [-0.2, 0) is 9.59 Å². The molecule has 2 aromatic carbocycles. The van der Waals surface area contributed by atoms with E-state index in [1.165, 1.54) is 0 Å². The number of nitrogens with one attached hydrogen (secondary N) is 2. The maximum absolute atomic E-state index is 12.7. The summed E-state index contributed by atoms with van der Waals surface area (Å²) in [5.41, 5.74) is 2.95. The minimum atomic E-state index is -0.181. The van der Waals surface area contributed by atoms with E-state index in [0.717, 1.165) is 48.2 Å². The largest absolute Gasteiger partial charge is 0.360 e. The Morgan fingerprint density at radius 3 is 2.64 bits per heavy atom. The van der Waals surface area contributed by atoms with Crippen molar-refractivity contribution in [2.45, 2.75) is 19.3 Å². The van der Waals surface area contributed by atoms with Crippen molar-refractivity contribution in [1.29, 1.82) is 0 Å². The Morgan fingerprint density at radius 1 is 1.14 bits per heavy atom. The molecular weight excluding hydrogens is 478 g/mol. The number of hydrogen-bond acceptors (Lipinski definition) is 4. The summed E-state index contributed by atoms with van der Waals surface area (Å²) >= 11 is 6.11. The first kappa shape index (κ1) is 24.3. The molecule has 188 valence electrons. The summed E-state index contributed by atoms with van der Waals surface area (Å²) in [6, 6.07) is 12.9. The predicted octanol–water partition coefficient (Wildman–Crippen LogP) is 3.66. The van der Waals surface area contributed by atoms with Crippen molar-refractivity contribution in [2.75, 3.05) is 49.6 Å². The minimum Gasteiger partial charge on any atom is -0.360 e. The lowest BCUT2D eigenvalue weighted by Gasteiger charge is -2.22. The van der Waals surface area contributed by atoms with Crippen molar-refractivity contribution in [2.24, 2.45) is 5.92 Å². The van der Waals surface area contributed by atoms with Gasteiger partial charge in [0.25, 0.3) is 5.91 Å². The fourth-order valence-electron chi connectivity index (χ4n) is 4.98. The lowest BCUT2D eigenvalue weighted by atomic mass is 10.1. The molecule has 3 aromatic rings. The van der Waals surface area contributed by atoms with Crippen molar-refractivity contribution < 1.29 is 14.4 Å². The number of benzene rings is 2. The van der Waals surface area contributed by atoms with Gasteiger partial charge in [0.1, 0.15) is 0 Å².